The van der Waals surface area contributed by atoms with Crippen molar-refractivity contribution in [2.24, 2.45) is 5.92 Å². The van der Waals surface area contributed by atoms with Gasteiger partial charge in [0, 0.05) is 17.2 Å². The smallest absolute Gasteiger partial charge is 0.252 e. The predicted molar refractivity (Wildman–Crippen MR) is 101 cm³/mol. The minimum absolute atomic E-state index is 0.101. The van der Waals surface area contributed by atoms with Gasteiger partial charge in [0.25, 0.3) is 5.56 Å². The van der Waals surface area contributed by atoms with E-state index in [-0.39, 0.29) is 17.2 Å². The lowest BCUT2D eigenvalue weighted by Crippen LogP contribution is -2.21. The van der Waals surface area contributed by atoms with E-state index >= 15 is 0 Å². The van der Waals surface area contributed by atoms with Crippen LogP contribution >= 0.6 is 0 Å². The summed E-state index contributed by atoms with van der Waals surface area (Å²) in [4.78, 5) is 14.9. The number of ether oxygens (including phenoxy) is 1. The number of pyridine rings is 1. The van der Waals surface area contributed by atoms with Crippen molar-refractivity contribution in [1.29, 1.82) is 0 Å². The maximum Gasteiger partial charge on any atom is 0.252 e. The molecule has 1 aromatic carbocycles. The van der Waals surface area contributed by atoms with Gasteiger partial charge >= 0.3 is 0 Å². The zero-order valence-electron chi connectivity index (χ0n) is 15.5. The standard InChI is InChI=1S/C21H27NO3/c1-5-6-7-25-18-10-14-9-15(12(2)3)20-17(23)11-19(24)22-21(20)16(14)8-13(18)4/h8,10-12,15H,5-7,9H2,1-4H3,(H2,22,23,24). The fourth-order valence-corrected chi connectivity index (χ4v) is 3.67. The van der Waals surface area contributed by atoms with E-state index in [4.69, 9.17) is 4.74 Å². The lowest BCUT2D eigenvalue weighted by molar-refractivity contribution is 0.307. The molecule has 25 heavy (non-hydrogen) atoms. The summed E-state index contributed by atoms with van der Waals surface area (Å²) in [6, 6.07) is 5.47. The van der Waals surface area contributed by atoms with Gasteiger partial charge < -0.3 is 14.8 Å². The highest BCUT2D eigenvalue weighted by Crippen LogP contribution is 2.46. The van der Waals surface area contributed by atoms with Crippen LogP contribution in [0, 0.1) is 12.8 Å². The molecule has 1 atom stereocenters. The Labute approximate surface area is 148 Å². The third-order valence-electron chi connectivity index (χ3n) is 5.10. The zero-order valence-corrected chi connectivity index (χ0v) is 15.5. The molecule has 1 aliphatic rings. The molecule has 134 valence electrons. The van der Waals surface area contributed by atoms with Crippen molar-refractivity contribution in [3.05, 3.63) is 45.2 Å². The van der Waals surface area contributed by atoms with Crippen LogP contribution in [0.25, 0.3) is 11.3 Å². The number of aryl methyl sites for hydroxylation is 1. The van der Waals surface area contributed by atoms with Gasteiger partial charge in [-0.1, -0.05) is 27.2 Å². The number of fused-ring (bicyclic) bond motifs is 3. The van der Waals surface area contributed by atoms with Gasteiger partial charge in [-0.05, 0) is 54.9 Å². The van der Waals surface area contributed by atoms with E-state index in [0.717, 1.165) is 54.0 Å². The molecule has 1 aliphatic carbocycles. The van der Waals surface area contributed by atoms with E-state index in [9.17, 15) is 9.90 Å². The Hall–Kier alpha value is -2.23. The van der Waals surface area contributed by atoms with Gasteiger partial charge in [-0.25, -0.2) is 0 Å². The molecule has 2 N–H and O–H groups in total. The summed E-state index contributed by atoms with van der Waals surface area (Å²) in [5.74, 6) is 1.55. The van der Waals surface area contributed by atoms with Gasteiger partial charge in [-0.2, -0.15) is 0 Å². The van der Waals surface area contributed by atoms with Crippen molar-refractivity contribution < 1.29 is 9.84 Å². The summed E-state index contributed by atoms with van der Waals surface area (Å²) in [6.45, 7) is 9.19. The molecule has 0 fully saturated rings. The Morgan fingerprint density at radius 2 is 2.08 bits per heavy atom. The van der Waals surface area contributed by atoms with Crippen molar-refractivity contribution in [2.45, 2.75) is 52.9 Å². The van der Waals surface area contributed by atoms with E-state index < -0.39 is 0 Å². The van der Waals surface area contributed by atoms with Crippen molar-refractivity contribution in [3.63, 3.8) is 0 Å². The first kappa shape index (κ1) is 17.6. The first-order valence-electron chi connectivity index (χ1n) is 9.15. The molecule has 4 heteroatoms. The van der Waals surface area contributed by atoms with Crippen LogP contribution in [0.3, 0.4) is 0 Å². The number of hydrogen-bond donors (Lipinski definition) is 2. The van der Waals surface area contributed by atoms with Crippen molar-refractivity contribution in [2.75, 3.05) is 6.61 Å². The third-order valence-corrected chi connectivity index (χ3v) is 5.10. The molecule has 1 unspecified atom stereocenters. The maximum atomic E-state index is 11.9. The predicted octanol–water partition coefficient (Wildman–Crippen LogP) is 4.53. The average molecular weight is 341 g/mol. The molecule has 0 bridgehead atoms. The summed E-state index contributed by atoms with van der Waals surface area (Å²) in [5.41, 5.74) is 4.57. The van der Waals surface area contributed by atoms with Gasteiger partial charge in [0.2, 0.25) is 0 Å². The summed E-state index contributed by atoms with van der Waals surface area (Å²) < 4.78 is 5.95. The van der Waals surface area contributed by atoms with Crippen LogP contribution in [-0.2, 0) is 6.42 Å². The molecule has 0 saturated heterocycles. The SMILES string of the molecule is CCCCOc1cc2c(cc1C)-c1[nH]c(=O)cc(O)c1C(C(C)C)C2. The number of aromatic nitrogens is 1. The summed E-state index contributed by atoms with van der Waals surface area (Å²) >= 11 is 0. The monoisotopic (exact) mass is 341 g/mol. The van der Waals surface area contributed by atoms with Crippen LogP contribution in [0.15, 0.2) is 23.0 Å². The van der Waals surface area contributed by atoms with Crippen molar-refractivity contribution in [3.8, 4) is 22.8 Å². The number of nitrogens with one attached hydrogen (secondary N) is 1. The normalized spacial score (nSPS) is 15.8. The number of rotatable bonds is 5. The highest BCUT2D eigenvalue weighted by atomic mass is 16.5. The highest BCUT2D eigenvalue weighted by molar-refractivity contribution is 5.74. The second-order valence-corrected chi connectivity index (χ2v) is 7.34. The number of benzene rings is 1. The quantitative estimate of drug-likeness (QED) is 0.785. The summed E-state index contributed by atoms with van der Waals surface area (Å²) in [7, 11) is 0. The molecule has 0 aliphatic heterocycles. The second kappa shape index (κ2) is 6.95. The van der Waals surface area contributed by atoms with Crippen LogP contribution < -0.4 is 10.3 Å². The highest BCUT2D eigenvalue weighted by Gasteiger charge is 2.31. The molecular formula is C21H27NO3. The molecule has 3 rings (SSSR count). The van der Waals surface area contributed by atoms with Gasteiger partial charge in [0.15, 0.2) is 0 Å². The molecule has 4 nitrogen and oxygen atoms in total. The van der Waals surface area contributed by atoms with Crippen LogP contribution in [0.2, 0.25) is 0 Å². The molecule has 0 amide bonds. The van der Waals surface area contributed by atoms with E-state index in [1.54, 1.807) is 0 Å². The topological polar surface area (TPSA) is 62.3 Å². The second-order valence-electron chi connectivity index (χ2n) is 7.34. The lowest BCUT2D eigenvalue weighted by atomic mass is 9.75. The molecule has 0 radical (unpaired) electrons. The Bertz CT molecular complexity index is 836. The molecule has 0 spiro atoms. The average Bonchev–Trinajstić information content (AvgIpc) is 2.54. The van der Waals surface area contributed by atoms with Crippen LogP contribution in [0.4, 0.5) is 0 Å². The Morgan fingerprint density at radius 3 is 2.76 bits per heavy atom. The fourth-order valence-electron chi connectivity index (χ4n) is 3.67. The number of aromatic amines is 1. The molecular weight excluding hydrogens is 314 g/mol. The first-order valence-corrected chi connectivity index (χ1v) is 9.15. The Balaban J connectivity index is 2.13. The van der Waals surface area contributed by atoms with E-state index in [2.05, 4.69) is 37.9 Å². The largest absolute Gasteiger partial charge is 0.507 e. The Kier molecular flexibility index (Phi) is 4.89. The van der Waals surface area contributed by atoms with Gasteiger partial charge in [-0.3, -0.25) is 4.79 Å². The Morgan fingerprint density at radius 1 is 1.32 bits per heavy atom. The number of H-pyrrole nitrogens is 1. The van der Waals surface area contributed by atoms with Gasteiger partial charge in [-0.15, -0.1) is 0 Å². The molecule has 0 saturated carbocycles. The number of unbranched alkanes of at least 4 members (excludes halogenated alkanes) is 1. The third kappa shape index (κ3) is 3.30. The lowest BCUT2D eigenvalue weighted by Gasteiger charge is -2.31. The van der Waals surface area contributed by atoms with E-state index in [1.807, 2.05) is 6.92 Å². The van der Waals surface area contributed by atoms with Crippen molar-refractivity contribution >= 4 is 0 Å². The zero-order chi connectivity index (χ0) is 18.1. The van der Waals surface area contributed by atoms with Gasteiger partial charge in [0.05, 0.1) is 12.3 Å². The molecule has 1 heterocycles. The summed E-state index contributed by atoms with van der Waals surface area (Å²) in [6.07, 6.45) is 2.98. The minimum Gasteiger partial charge on any atom is -0.507 e. The molecule has 2 aromatic rings. The van der Waals surface area contributed by atoms with E-state index in [0.29, 0.717) is 5.92 Å². The number of aromatic hydroxyl groups is 1. The van der Waals surface area contributed by atoms with Crippen LogP contribution in [0.1, 0.15) is 56.2 Å². The molecule has 1 aromatic heterocycles. The van der Waals surface area contributed by atoms with Crippen LogP contribution in [0.5, 0.6) is 11.5 Å². The van der Waals surface area contributed by atoms with Gasteiger partial charge in [0.1, 0.15) is 11.5 Å². The fraction of sp³-hybridized carbons (Fsp3) is 0.476. The maximum absolute atomic E-state index is 11.9. The minimum atomic E-state index is -0.271. The van der Waals surface area contributed by atoms with E-state index in [1.165, 1.54) is 11.6 Å². The van der Waals surface area contributed by atoms with Crippen molar-refractivity contribution in [1.82, 2.24) is 4.98 Å². The first-order chi connectivity index (χ1) is 11.9. The summed E-state index contributed by atoms with van der Waals surface area (Å²) in [5, 5.41) is 10.4. The van der Waals surface area contributed by atoms with Crippen LogP contribution in [-0.4, -0.2) is 16.7 Å². The number of hydrogen-bond acceptors (Lipinski definition) is 3.